The van der Waals surface area contributed by atoms with Gasteiger partial charge in [-0.1, -0.05) is 0 Å². The summed E-state index contributed by atoms with van der Waals surface area (Å²) in [6, 6.07) is 7.54. The van der Waals surface area contributed by atoms with Gasteiger partial charge in [0, 0.05) is 17.4 Å². The van der Waals surface area contributed by atoms with Crippen molar-refractivity contribution in [3.63, 3.8) is 0 Å². The van der Waals surface area contributed by atoms with Crippen LogP contribution < -0.4 is 18.9 Å². The van der Waals surface area contributed by atoms with E-state index in [1.807, 2.05) is 31.2 Å². The maximum Gasteiger partial charge on any atom is 0.310 e. The van der Waals surface area contributed by atoms with Gasteiger partial charge in [-0.3, -0.25) is 4.79 Å². The summed E-state index contributed by atoms with van der Waals surface area (Å²) in [5.41, 5.74) is 3.31. The van der Waals surface area contributed by atoms with Crippen LogP contribution in [-0.4, -0.2) is 38.7 Å². The zero-order valence-corrected chi connectivity index (χ0v) is 16.4. The first-order valence-corrected chi connectivity index (χ1v) is 9.54. The van der Waals surface area contributed by atoms with Gasteiger partial charge in [0.2, 0.25) is 6.79 Å². The van der Waals surface area contributed by atoms with Crippen molar-refractivity contribution in [2.75, 3.05) is 27.6 Å². The number of ether oxygens (including phenoxy) is 5. The Bertz CT molecular complexity index is 974. The number of hydrogen-bond donors (Lipinski definition) is 1. The van der Waals surface area contributed by atoms with Crippen LogP contribution in [0, 0.1) is 18.8 Å². The van der Waals surface area contributed by atoms with Crippen molar-refractivity contribution in [3.05, 3.63) is 46.5 Å². The average molecular weight is 398 g/mol. The number of methoxy groups -OCH3 is 2. The maximum atomic E-state index is 12.7. The second kappa shape index (κ2) is 6.56. The van der Waals surface area contributed by atoms with Gasteiger partial charge in [-0.05, 0) is 47.9 Å². The predicted molar refractivity (Wildman–Crippen MR) is 102 cm³/mol. The van der Waals surface area contributed by atoms with E-state index >= 15 is 0 Å². The molecule has 0 unspecified atom stereocenters. The first-order chi connectivity index (χ1) is 14.0. The molecule has 1 N–H and O–H groups in total. The molecule has 0 bridgehead atoms. The van der Waals surface area contributed by atoms with Crippen LogP contribution in [0.2, 0.25) is 0 Å². The molecule has 0 aromatic heterocycles. The number of aliphatic hydroxyl groups excluding tert-OH is 1. The van der Waals surface area contributed by atoms with Crippen molar-refractivity contribution in [2.24, 2.45) is 11.8 Å². The van der Waals surface area contributed by atoms with Gasteiger partial charge in [0.05, 0.1) is 32.8 Å². The summed E-state index contributed by atoms with van der Waals surface area (Å²) in [6.07, 6.45) is -0.818. The average Bonchev–Trinajstić information content (AvgIpc) is 3.34. The van der Waals surface area contributed by atoms with Gasteiger partial charge in [-0.2, -0.15) is 0 Å². The zero-order valence-electron chi connectivity index (χ0n) is 16.4. The molecule has 0 spiro atoms. The second-order valence-corrected chi connectivity index (χ2v) is 7.63. The van der Waals surface area contributed by atoms with E-state index in [0.29, 0.717) is 23.0 Å². The summed E-state index contributed by atoms with van der Waals surface area (Å²) in [6.45, 7) is 2.25. The minimum absolute atomic E-state index is 0.139. The smallest absolute Gasteiger partial charge is 0.310 e. The lowest BCUT2D eigenvalue weighted by Gasteiger charge is -2.37. The Kier molecular flexibility index (Phi) is 4.10. The van der Waals surface area contributed by atoms with Gasteiger partial charge in [0.1, 0.15) is 11.5 Å². The van der Waals surface area contributed by atoms with Crippen molar-refractivity contribution in [3.8, 4) is 23.0 Å². The molecule has 0 radical (unpaired) electrons. The van der Waals surface area contributed by atoms with E-state index in [1.165, 1.54) is 0 Å². The van der Waals surface area contributed by atoms with E-state index < -0.39 is 12.0 Å². The largest absolute Gasteiger partial charge is 0.496 e. The summed E-state index contributed by atoms with van der Waals surface area (Å²) < 4.78 is 27.5. The van der Waals surface area contributed by atoms with Crippen LogP contribution in [0.1, 0.15) is 34.3 Å². The minimum Gasteiger partial charge on any atom is -0.496 e. The Morgan fingerprint density at radius 1 is 0.966 bits per heavy atom. The highest BCUT2D eigenvalue weighted by Crippen LogP contribution is 2.54. The molecule has 3 aliphatic rings. The fourth-order valence-corrected chi connectivity index (χ4v) is 4.82. The molecule has 4 atom stereocenters. The summed E-state index contributed by atoms with van der Waals surface area (Å²) >= 11 is 0. The minimum atomic E-state index is -0.818. The molecule has 1 saturated heterocycles. The lowest BCUT2D eigenvalue weighted by atomic mass is 9.66. The van der Waals surface area contributed by atoms with E-state index in [2.05, 4.69) is 0 Å². The lowest BCUT2D eigenvalue weighted by Crippen LogP contribution is -2.34. The van der Waals surface area contributed by atoms with Crippen molar-refractivity contribution in [2.45, 2.75) is 18.9 Å². The Morgan fingerprint density at radius 3 is 2.21 bits per heavy atom. The van der Waals surface area contributed by atoms with Crippen LogP contribution in [0.25, 0.3) is 0 Å². The van der Waals surface area contributed by atoms with Gasteiger partial charge in [-0.15, -0.1) is 0 Å². The van der Waals surface area contributed by atoms with E-state index in [1.54, 1.807) is 14.2 Å². The molecule has 29 heavy (non-hydrogen) atoms. The first kappa shape index (κ1) is 18.1. The fourth-order valence-electron chi connectivity index (χ4n) is 4.82. The molecule has 1 aliphatic carbocycles. The summed E-state index contributed by atoms with van der Waals surface area (Å²) in [5.74, 6) is 1.09. The monoisotopic (exact) mass is 398 g/mol. The molecule has 1 fully saturated rings. The molecule has 2 aromatic carbocycles. The molecule has 5 rings (SSSR count). The molecule has 7 heteroatoms. The third-order valence-corrected chi connectivity index (χ3v) is 6.28. The van der Waals surface area contributed by atoms with Crippen molar-refractivity contribution in [1.82, 2.24) is 0 Å². The Balaban J connectivity index is 1.75. The Morgan fingerprint density at radius 2 is 1.59 bits per heavy atom. The number of hydrogen-bond acceptors (Lipinski definition) is 7. The molecule has 152 valence electrons. The Labute approximate surface area is 168 Å². The molecule has 0 saturated carbocycles. The van der Waals surface area contributed by atoms with Crippen molar-refractivity contribution < 1.29 is 33.6 Å². The molecule has 2 heterocycles. The fraction of sp³-hybridized carbons (Fsp3) is 0.409. The highest BCUT2D eigenvalue weighted by molar-refractivity contribution is 5.78. The quantitative estimate of drug-likeness (QED) is 0.796. The lowest BCUT2D eigenvalue weighted by molar-refractivity contribution is -0.141. The topological polar surface area (TPSA) is 83.5 Å². The molecular formula is C22H22O7. The van der Waals surface area contributed by atoms with Gasteiger partial charge in [-0.25, -0.2) is 0 Å². The zero-order chi connectivity index (χ0) is 20.3. The molecule has 2 aromatic rings. The van der Waals surface area contributed by atoms with Crippen LogP contribution >= 0.6 is 0 Å². The number of cyclic esters (lactones) is 1. The summed E-state index contributed by atoms with van der Waals surface area (Å²) in [4.78, 5) is 12.7. The third kappa shape index (κ3) is 2.57. The van der Waals surface area contributed by atoms with E-state index in [4.69, 9.17) is 23.7 Å². The van der Waals surface area contributed by atoms with Gasteiger partial charge >= 0.3 is 5.97 Å². The number of carbonyl (C=O) groups is 1. The van der Waals surface area contributed by atoms with Crippen LogP contribution in [0.15, 0.2) is 24.3 Å². The third-order valence-electron chi connectivity index (χ3n) is 6.28. The molecular weight excluding hydrogens is 376 g/mol. The number of rotatable bonds is 3. The van der Waals surface area contributed by atoms with E-state index in [-0.39, 0.29) is 31.2 Å². The number of carbonyl (C=O) groups excluding carboxylic acids is 1. The van der Waals surface area contributed by atoms with Crippen LogP contribution in [0.3, 0.4) is 0 Å². The maximum absolute atomic E-state index is 12.7. The number of benzene rings is 2. The number of fused-ring (bicyclic) bond motifs is 3. The number of aliphatic hydroxyl groups is 1. The number of esters is 1. The first-order valence-electron chi connectivity index (χ1n) is 9.54. The SMILES string of the molecule is COc1cc([C@@H]2c3cc4c(cc3[C@H](O)[C@H]3COC(=O)[C@@H]23)OCO4)cc(OC)c1C. The predicted octanol–water partition coefficient (Wildman–Crippen LogP) is 2.71. The van der Waals surface area contributed by atoms with Crippen LogP contribution in [0.5, 0.6) is 23.0 Å². The normalized spacial score (nSPS) is 26.6. The highest BCUT2D eigenvalue weighted by Gasteiger charge is 2.52. The van der Waals surface area contributed by atoms with Crippen molar-refractivity contribution in [1.29, 1.82) is 0 Å². The highest BCUT2D eigenvalue weighted by atomic mass is 16.7. The van der Waals surface area contributed by atoms with E-state index in [0.717, 1.165) is 22.3 Å². The van der Waals surface area contributed by atoms with Crippen LogP contribution in [0.4, 0.5) is 0 Å². The standard InChI is InChI=1S/C22H22O7/c1-10-15(25-2)4-11(5-16(10)26-3)19-12-6-17-18(29-9-28-17)7-13(12)21(23)14-8-27-22(24)20(14)19/h4-7,14,19-21,23H,8-9H2,1-3H3/t14-,19+,20+,21-/m0/s1. The summed E-state index contributed by atoms with van der Waals surface area (Å²) in [5, 5.41) is 11.0. The van der Waals surface area contributed by atoms with Gasteiger partial charge in [0.15, 0.2) is 11.5 Å². The Hall–Kier alpha value is -2.93. The summed E-state index contributed by atoms with van der Waals surface area (Å²) in [7, 11) is 3.21. The molecule has 0 amide bonds. The molecule has 2 aliphatic heterocycles. The van der Waals surface area contributed by atoms with Crippen molar-refractivity contribution >= 4 is 5.97 Å². The van der Waals surface area contributed by atoms with Gasteiger partial charge in [0.25, 0.3) is 0 Å². The van der Waals surface area contributed by atoms with Crippen LogP contribution in [-0.2, 0) is 9.53 Å². The molecule has 7 nitrogen and oxygen atoms in total. The van der Waals surface area contributed by atoms with E-state index in [9.17, 15) is 9.90 Å². The van der Waals surface area contributed by atoms with Gasteiger partial charge < -0.3 is 28.8 Å². The second-order valence-electron chi connectivity index (χ2n) is 7.63.